The van der Waals surface area contributed by atoms with Gasteiger partial charge < -0.3 is 16.2 Å². The van der Waals surface area contributed by atoms with Gasteiger partial charge in [0.25, 0.3) is 0 Å². The normalized spacial score (nSPS) is 13.8. The average Bonchev–Trinajstić information content (AvgIpc) is 2.46. The Morgan fingerprint density at radius 2 is 1.82 bits per heavy atom. The Kier molecular flexibility index (Phi) is 5.22. The van der Waals surface area contributed by atoms with Crippen LogP contribution in [0.4, 0.5) is 0 Å². The highest BCUT2D eigenvalue weighted by molar-refractivity contribution is 6.13. The third kappa shape index (κ3) is 3.79. The molecule has 1 unspecified atom stereocenters. The number of benzene rings is 1. The number of carbonyl (C=O) groups excluding carboxylic acids is 2. The molecule has 0 aliphatic rings. The molecule has 0 saturated carbocycles. The van der Waals surface area contributed by atoms with Crippen LogP contribution in [-0.4, -0.2) is 33.8 Å². The van der Waals surface area contributed by atoms with E-state index >= 15 is 0 Å². The summed E-state index contributed by atoms with van der Waals surface area (Å²) in [6, 6.07) is 8.61. The molecule has 1 aromatic rings. The van der Waals surface area contributed by atoms with Crippen molar-refractivity contribution in [3.05, 3.63) is 48.6 Å². The monoisotopic (exact) mass is 304 g/mol. The summed E-state index contributed by atoms with van der Waals surface area (Å²) >= 11 is 0. The van der Waals surface area contributed by atoms with Gasteiger partial charge in [0.15, 0.2) is 11.3 Å². The SMILES string of the molecule is C=CC(=O)NC(C)(C)C(=O)C(N)(Cc1ccccc1)C(=O)O. The van der Waals surface area contributed by atoms with Crippen molar-refractivity contribution in [2.75, 3.05) is 0 Å². The van der Waals surface area contributed by atoms with Crippen molar-refractivity contribution >= 4 is 17.7 Å². The fraction of sp³-hybridized carbons (Fsp3) is 0.312. The molecule has 118 valence electrons. The summed E-state index contributed by atoms with van der Waals surface area (Å²) in [6.07, 6.45) is 0.834. The van der Waals surface area contributed by atoms with Gasteiger partial charge in [0, 0.05) is 6.42 Å². The van der Waals surface area contributed by atoms with Gasteiger partial charge in [-0.15, -0.1) is 0 Å². The number of hydrogen-bond acceptors (Lipinski definition) is 4. The molecule has 6 heteroatoms. The lowest BCUT2D eigenvalue weighted by atomic mass is 9.79. The van der Waals surface area contributed by atoms with Crippen LogP contribution in [0.1, 0.15) is 19.4 Å². The zero-order valence-corrected chi connectivity index (χ0v) is 12.6. The Labute approximate surface area is 129 Å². The van der Waals surface area contributed by atoms with Crippen LogP contribution in [-0.2, 0) is 20.8 Å². The van der Waals surface area contributed by atoms with Gasteiger partial charge in [-0.1, -0.05) is 36.9 Å². The van der Waals surface area contributed by atoms with Crippen LogP contribution >= 0.6 is 0 Å². The van der Waals surface area contributed by atoms with Gasteiger partial charge >= 0.3 is 5.97 Å². The fourth-order valence-electron chi connectivity index (χ4n) is 2.14. The number of ketones is 1. The van der Waals surface area contributed by atoms with Crippen LogP contribution < -0.4 is 11.1 Å². The lowest BCUT2D eigenvalue weighted by Crippen LogP contribution is -2.66. The topological polar surface area (TPSA) is 109 Å². The van der Waals surface area contributed by atoms with Gasteiger partial charge in [-0.05, 0) is 25.5 Å². The average molecular weight is 304 g/mol. The molecule has 0 radical (unpaired) electrons. The second-order valence-corrected chi connectivity index (χ2v) is 5.59. The summed E-state index contributed by atoms with van der Waals surface area (Å²) in [5.41, 5.74) is 2.93. The largest absolute Gasteiger partial charge is 0.480 e. The third-order valence-electron chi connectivity index (χ3n) is 3.30. The Balaban J connectivity index is 3.13. The van der Waals surface area contributed by atoms with Crippen LogP contribution in [0.3, 0.4) is 0 Å². The van der Waals surface area contributed by atoms with Crippen LogP contribution in [0.2, 0.25) is 0 Å². The number of Topliss-reactive ketones (excluding diaryl/α,β-unsaturated/α-hetero) is 1. The van der Waals surface area contributed by atoms with Crippen LogP contribution in [0.15, 0.2) is 43.0 Å². The smallest absolute Gasteiger partial charge is 0.331 e. The second kappa shape index (κ2) is 6.53. The van der Waals surface area contributed by atoms with Crippen LogP contribution in [0.5, 0.6) is 0 Å². The summed E-state index contributed by atoms with van der Waals surface area (Å²) in [7, 11) is 0. The highest BCUT2D eigenvalue weighted by atomic mass is 16.4. The first kappa shape index (κ1) is 17.6. The third-order valence-corrected chi connectivity index (χ3v) is 3.30. The molecular weight excluding hydrogens is 284 g/mol. The van der Waals surface area contributed by atoms with Crippen LogP contribution in [0, 0.1) is 0 Å². The quantitative estimate of drug-likeness (QED) is 0.506. The van der Waals surface area contributed by atoms with E-state index in [1.165, 1.54) is 13.8 Å². The summed E-state index contributed by atoms with van der Waals surface area (Å²) < 4.78 is 0. The van der Waals surface area contributed by atoms with E-state index in [-0.39, 0.29) is 6.42 Å². The van der Waals surface area contributed by atoms with Crippen molar-refractivity contribution in [2.24, 2.45) is 5.73 Å². The number of carbonyl (C=O) groups is 3. The van der Waals surface area contributed by atoms with E-state index in [1.54, 1.807) is 30.3 Å². The van der Waals surface area contributed by atoms with Crippen molar-refractivity contribution in [2.45, 2.75) is 31.3 Å². The van der Waals surface area contributed by atoms with Gasteiger partial charge in [0.2, 0.25) is 5.91 Å². The Hall–Kier alpha value is -2.47. The Morgan fingerprint density at radius 3 is 2.27 bits per heavy atom. The molecule has 0 heterocycles. The summed E-state index contributed by atoms with van der Waals surface area (Å²) in [4.78, 5) is 35.6. The lowest BCUT2D eigenvalue weighted by molar-refractivity contribution is -0.151. The Morgan fingerprint density at radius 1 is 1.27 bits per heavy atom. The summed E-state index contributed by atoms with van der Waals surface area (Å²) in [6.45, 7) is 6.12. The molecule has 0 bridgehead atoms. The van der Waals surface area contributed by atoms with E-state index in [1.807, 2.05) is 0 Å². The molecule has 1 amide bonds. The number of hydrogen-bond donors (Lipinski definition) is 3. The summed E-state index contributed by atoms with van der Waals surface area (Å²) in [5, 5.41) is 11.8. The van der Waals surface area contributed by atoms with E-state index in [0.717, 1.165) is 6.08 Å². The predicted molar refractivity (Wildman–Crippen MR) is 82.1 cm³/mol. The molecule has 0 fully saturated rings. The second-order valence-electron chi connectivity index (χ2n) is 5.59. The number of rotatable bonds is 7. The maximum absolute atomic E-state index is 12.6. The molecule has 6 nitrogen and oxygen atoms in total. The van der Waals surface area contributed by atoms with E-state index < -0.39 is 28.7 Å². The van der Waals surface area contributed by atoms with Crippen molar-refractivity contribution < 1.29 is 19.5 Å². The van der Waals surface area contributed by atoms with Crippen molar-refractivity contribution in [3.63, 3.8) is 0 Å². The van der Waals surface area contributed by atoms with Crippen LogP contribution in [0.25, 0.3) is 0 Å². The minimum atomic E-state index is -2.14. The number of nitrogens with one attached hydrogen (secondary N) is 1. The molecule has 0 saturated heterocycles. The highest BCUT2D eigenvalue weighted by Gasteiger charge is 2.49. The van der Waals surface area contributed by atoms with Crippen molar-refractivity contribution in [3.8, 4) is 0 Å². The number of carboxylic acids is 1. The lowest BCUT2D eigenvalue weighted by Gasteiger charge is -2.33. The molecule has 0 aliphatic carbocycles. The molecule has 0 aromatic heterocycles. The first-order valence-electron chi connectivity index (χ1n) is 6.69. The first-order chi connectivity index (χ1) is 10.1. The molecule has 1 rings (SSSR count). The first-order valence-corrected chi connectivity index (χ1v) is 6.69. The highest BCUT2D eigenvalue weighted by Crippen LogP contribution is 2.20. The number of amides is 1. The van der Waals surface area contributed by atoms with Crippen molar-refractivity contribution in [1.82, 2.24) is 5.32 Å². The van der Waals surface area contributed by atoms with E-state index in [4.69, 9.17) is 5.73 Å². The van der Waals surface area contributed by atoms with E-state index in [0.29, 0.717) is 5.56 Å². The maximum atomic E-state index is 12.6. The number of carboxylic acid groups (broad SMARTS) is 1. The van der Waals surface area contributed by atoms with E-state index in [2.05, 4.69) is 11.9 Å². The zero-order valence-electron chi connectivity index (χ0n) is 12.6. The molecular formula is C16H20N2O4. The molecule has 22 heavy (non-hydrogen) atoms. The summed E-state index contributed by atoms with van der Waals surface area (Å²) in [5.74, 6) is -2.81. The molecule has 1 aromatic carbocycles. The number of aliphatic carboxylic acids is 1. The number of nitrogens with two attached hydrogens (primary N) is 1. The Bertz CT molecular complexity index is 595. The van der Waals surface area contributed by atoms with Gasteiger partial charge in [0.1, 0.15) is 0 Å². The zero-order chi connectivity index (χ0) is 17.0. The predicted octanol–water partition coefficient (Wildman–Crippen LogP) is 0.661. The van der Waals surface area contributed by atoms with E-state index in [9.17, 15) is 19.5 Å². The van der Waals surface area contributed by atoms with Gasteiger partial charge in [-0.2, -0.15) is 0 Å². The minimum absolute atomic E-state index is 0.171. The molecule has 0 aliphatic heterocycles. The molecule has 4 N–H and O–H groups in total. The standard InChI is InChI=1S/C16H20N2O4/c1-4-12(19)18-15(2,3)13(20)16(17,14(21)22)10-11-8-6-5-7-9-11/h4-9H,1,10,17H2,2-3H3,(H,18,19)(H,21,22). The fourth-order valence-corrected chi connectivity index (χ4v) is 2.14. The van der Waals surface area contributed by atoms with Gasteiger partial charge in [-0.3, -0.25) is 9.59 Å². The molecule has 1 atom stereocenters. The maximum Gasteiger partial charge on any atom is 0.331 e. The minimum Gasteiger partial charge on any atom is -0.480 e. The van der Waals surface area contributed by atoms with Gasteiger partial charge in [0.05, 0.1) is 5.54 Å². The van der Waals surface area contributed by atoms with Gasteiger partial charge in [-0.25, -0.2) is 4.79 Å². The molecule has 0 spiro atoms. The van der Waals surface area contributed by atoms with Crippen molar-refractivity contribution in [1.29, 1.82) is 0 Å².